The molecule has 0 amide bonds. The number of fused-ring (bicyclic) bond motifs is 7. The summed E-state index contributed by atoms with van der Waals surface area (Å²) in [6.45, 7) is 8.07. The predicted octanol–water partition coefficient (Wildman–Crippen LogP) is 14.0. The lowest BCUT2D eigenvalue weighted by atomic mass is 9.90. The van der Waals surface area contributed by atoms with E-state index in [1.807, 2.05) is 42.5 Å². The van der Waals surface area contributed by atoms with Crippen LogP contribution < -0.4 is 0 Å². The van der Waals surface area contributed by atoms with E-state index in [0.717, 1.165) is 96.3 Å². The minimum Gasteiger partial charge on any atom is -0.456 e. The Morgan fingerprint density at radius 3 is 2.12 bits per heavy atom. The Morgan fingerprint density at radius 2 is 1.36 bits per heavy atom. The van der Waals surface area contributed by atoms with Crippen molar-refractivity contribution in [2.45, 2.75) is 12.8 Å². The summed E-state index contributed by atoms with van der Waals surface area (Å²) in [7, 11) is 0. The minimum absolute atomic E-state index is 0.636. The molecule has 6 aromatic carbocycles. The van der Waals surface area contributed by atoms with Gasteiger partial charge in [-0.15, -0.1) is 0 Å². The van der Waals surface area contributed by atoms with E-state index < -0.39 is 0 Å². The van der Waals surface area contributed by atoms with E-state index >= 15 is 0 Å². The first-order valence-electron chi connectivity index (χ1n) is 19.0. The van der Waals surface area contributed by atoms with Gasteiger partial charge in [-0.1, -0.05) is 147 Å². The molecule has 4 nitrogen and oxygen atoms in total. The zero-order valence-electron chi connectivity index (χ0n) is 30.8. The van der Waals surface area contributed by atoms with E-state index in [4.69, 9.17) is 14.4 Å². The Kier molecular flexibility index (Phi) is 8.23. The molecule has 10 rings (SSSR count). The topological polar surface area (TPSA) is 43.9 Å². The highest BCUT2D eigenvalue weighted by molar-refractivity contribution is 6.27. The Hall–Kier alpha value is -7.30. The molecule has 0 radical (unpaired) electrons. The van der Waals surface area contributed by atoms with Crippen molar-refractivity contribution in [2.24, 2.45) is 0 Å². The zero-order chi connectivity index (χ0) is 37.6. The molecule has 0 saturated heterocycles. The van der Waals surface area contributed by atoms with E-state index in [1.165, 1.54) is 16.3 Å². The van der Waals surface area contributed by atoms with Crippen LogP contribution in [0, 0.1) is 0 Å². The Labute approximate surface area is 325 Å². The number of benzene rings is 6. The molecule has 1 aliphatic carbocycles. The van der Waals surface area contributed by atoms with Crippen LogP contribution in [0.5, 0.6) is 0 Å². The van der Waals surface area contributed by atoms with Crippen molar-refractivity contribution in [2.75, 3.05) is 0 Å². The van der Waals surface area contributed by atoms with E-state index in [-0.39, 0.29) is 0 Å². The van der Waals surface area contributed by atoms with E-state index in [9.17, 15) is 0 Å². The van der Waals surface area contributed by atoms with E-state index in [2.05, 4.69) is 145 Å². The Bertz CT molecular complexity index is 3100. The van der Waals surface area contributed by atoms with Gasteiger partial charge in [-0.3, -0.25) is 0 Å². The van der Waals surface area contributed by atoms with E-state index in [1.54, 1.807) is 6.08 Å². The second-order valence-electron chi connectivity index (χ2n) is 14.1. The molecule has 3 aromatic heterocycles. The van der Waals surface area contributed by atoms with Crippen molar-refractivity contribution in [3.05, 3.63) is 200 Å². The molecule has 0 N–H and O–H groups in total. The average Bonchev–Trinajstić information content (AvgIpc) is 3.81. The molecule has 3 heterocycles. The fourth-order valence-electron chi connectivity index (χ4n) is 8.26. The van der Waals surface area contributed by atoms with Crippen LogP contribution in [0.1, 0.15) is 24.1 Å². The molecule has 266 valence electrons. The molecule has 0 bridgehead atoms. The van der Waals surface area contributed by atoms with Gasteiger partial charge in [-0.2, -0.15) is 0 Å². The van der Waals surface area contributed by atoms with Crippen molar-refractivity contribution in [1.82, 2.24) is 14.5 Å². The number of rotatable bonds is 8. The van der Waals surface area contributed by atoms with Gasteiger partial charge in [0.1, 0.15) is 11.2 Å². The summed E-state index contributed by atoms with van der Waals surface area (Å²) in [5.41, 5.74) is 14.0. The number of hydrogen-bond acceptors (Lipinski definition) is 3. The van der Waals surface area contributed by atoms with Crippen LogP contribution >= 0.6 is 0 Å². The lowest BCUT2D eigenvalue weighted by Gasteiger charge is -2.22. The van der Waals surface area contributed by atoms with Gasteiger partial charge in [0, 0.05) is 43.8 Å². The van der Waals surface area contributed by atoms with Crippen LogP contribution in [-0.4, -0.2) is 14.5 Å². The first kappa shape index (κ1) is 33.3. The smallest absolute Gasteiger partial charge is 0.160 e. The first-order chi connectivity index (χ1) is 27.7. The summed E-state index contributed by atoms with van der Waals surface area (Å²) in [4.78, 5) is 10.5. The fourth-order valence-corrected chi connectivity index (χ4v) is 8.26. The highest BCUT2D eigenvalue weighted by atomic mass is 16.3. The van der Waals surface area contributed by atoms with Crippen LogP contribution in [0.4, 0.5) is 0 Å². The number of para-hydroxylation sites is 2. The van der Waals surface area contributed by atoms with Crippen molar-refractivity contribution in [3.8, 4) is 39.5 Å². The van der Waals surface area contributed by atoms with Crippen LogP contribution in [0.3, 0.4) is 0 Å². The lowest BCUT2D eigenvalue weighted by molar-refractivity contribution is 0.669. The summed E-state index contributed by atoms with van der Waals surface area (Å²) in [6.07, 6.45) is 14.4. The van der Waals surface area contributed by atoms with Crippen LogP contribution in [0.25, 0.3) is 94.4 Å². The molecular weight excluding hydrogens is 683 g/mol. The standard InChI is InChI=1S/C52H37N3O/c1-3-18-34(4-2)43-33-44(37-23-12-7-13-24-37)54-52(53-43)38-31-41(35-19-8-5-9-20-35)51(42(32-38)36-21-10-6-11-22-36)55-45-27-16-14-25-39(45)49-46(55)29-30-48-50(49)40-26-15-17-28-47(40)56-48/h3-5,7-10,12-33H,1-2,6,11H2/b34-18+. The van der Waals surface area contributed by atoms with Gasteiger partial charge in [-0.05, 0) is 72.0 Å². The van der Waals surface area contributed by atoms with Crippen LogP contribution in [0.2, 0.25) is 0 Å². The monoisotopic (exact) mass is 719 g/mol. The molecule has 0 saturated carbocycles. The van der Waals surface area contributed by atoms with Crippen molar-refractivity contribution >= 4 is 54.9 Å². The molecule has 0 unspecified atom stereocenters. The third kappa shape index (κ3) is 5.54. The maximum absolute atomic E-state index is 6.44. The van der Waals surface area contributed by atoms with Crippen molar-refractivity contribution < 1.29 is 4.42 Å². The molecule has 0 aliphatic heterocycles. The summed E-state index contributed by atoms with van der Waals surface area (Å²) in [5.74, 6) is 0.636. The summed E-state index contributed by atoms with van der Waals surface area (Å²) < 4.78 is 8.90. The minimum atomic E-state index is 0.636. The number of hydrogen-bond donors (Lipinski definition) is 0. The second-order valence-corrected chi connectivity index (χ2v) is 14.1. The van der Waals surface area contributed by atoms with Gasteiger partial charge < -0.3 is 8.98 Å². The average molecular weight is 720 g/mol. The third-order valence-corrected chi connectivity index (χ3v) is 10.8. The number of aromatic nitrogens is 3. The van der Waals surface area contributed by atoms with Gasteiger partial charge in [0.05, 0.1) is 28.1 Å². The largest absolute Gasteiger partial charge is 0.456 e. The number of allylic oxidation sites excluding steroid dienone is 8. The molecule has 9 aromatic rings. The van der Waals surface area contributed by atoms with Crippen molar-refractivity contribution in [1.29, 1.82) is 0 Å². The van der Waals surface area contributed by atoms with Gasteiger partial charge >= 0.3 is 0 Å². The second kappa shape index (κ2) is 13.8. The fraction of sp³-hybridized carbons (Fsp3) is 0.0385. The zero-order valence-corrected chi connectivity index (χ0v) is 30.8. The maximum Gasteiger partial charge on any atom is 0.160 e. The highest BCUT2D eigenvalue weighted by Gasteiger charge is 2.25. The van der Waals surface area contributed by atoms with Gasteiger partial charge in [0.2, 0.25) is 0 Å². The quantitative estimate of drug-likeness (QED) is 0.147. The molecule has 0 fully saturated rings. The molecule has 0 atom stereocenters. The predicted molar refractivity (Wildman–Crippen MR) is 235 cm³/mol. The molecule has 1 aliphatic rings. The van der Waals surface area contributed by atoms with Gasteiger partial charge in [0.25, 0.3) is 0 Å². The van der Waals surface area contributed by atoms with E-state index in [0.29, 0.717) is 5.82 Å². The maximum atomic E-state index is 6.44. The Balaban J connectivity index is 1.34. The third-order valence-electron chi connectivity index (χ3n) is 10.8. The summed E-state index contributed by atoms with van der Waals surface area (Å²) in [6, 6.07) is 49.0. The molecular formula is C52H37N3O. The van der Waals surface area contributed by atoms with Crippen LogP contribution in [0.15, 0.2) is 194 Å². The summed E-state index contributed by atoms with van der Waals surface area (Å²) in [5, 5.41) is 4.60. The van der Waals surface area contributed by atoms with Gasteiger partial charge in [-0.25, -0.2) is 9.97 Å². The summed E-state index contributed by atoms with van der Waals surface area (Å²) >= 11 is 0. The molecule has 0 spiro atoms. The molecule has 4 heteroatoms. The normalized spacial score (nSPS) is 13.1. The first-order valence-corrected chi connectivity index (χ1v) is 19.0. The lowest BCUT2D eigenvalue weighted by Crippen LogP contribution is -2.05. The van der Waals surface area contributed by atoms with Crippen molar-refractivity contribution in [3.63, 3.8) is 0 Å². The van der Waals surface area contributed by atoms with Crippen LogP contribution in [-0.2, 0) is 0 Å². The SMILES string of the molecule is C=C/C=C(\C=C)c1cc(-c2ccccc2)nc(-c2cc(C3=CCCC=C3)c(-n3c4ccccc4c4c5c(ccc43)oc3ccccc35)c(-c3ccccc3)c2)n1. The Morgan fingerprint density at radius 1 is 0.625 bits per heavy atom. The number of nitrogens with zero attached hydrogens (tertiary/aromatic N) is 3. The molecule has 56 heavy (non-hydrogen) atoms. The highest BCUT2D eigenvalue weighted by Crippen LogP contribution is 2.46. The van der Waals surface area contributed by atoms with Gasteiger partial charge in [0.15, 0.2) is 5.82 Å². The number of furan rings is 1.